The molecule has 2 amide bonds. The maximum absolute atomic E-state index is 13.6. The zero-order valence-corrected chi connectivity index (χ0v) is 17.9. The van der Waals surface area contributed by atoms with Crippen LogP contribution in [0, 0.1) is 13.8 Å². The Kier molecular flexibility index (Phi) is 5.62. The third kappa shape index (κ3) is 3.72. The zero-order valence-electron chi connectivity index (χ0n) is 17.9. The first kappa shape index (κ1) is 20.2. The number of likely N-dealkylation sites (tertiary alicyclic amines) is 1. The SMILES string of the molecule is CCCOc1ccc(C2=C(N3CCCC3)C(=O)N(c3cc(C)cc(C)c3)C2=O)cc1. The van der Waals surface area contributed by atoms with Crippen LogP contribution in [0.4, 0.5) is 5.69 Å². The number of ether oxygens (including phenoxy) is 1. The molecule has 2 aliphatic rings. The third-order valence-electron chi connectivity index (χ3n) is 5.56. The smallest absolute Gasteiger partial charge is 0.282 e. The monoisotopic (exact) mass is 404 g/mol. The van der Waals surface area contributed by atoms with Gasteiger partial charge in [0.2, 0.25) is 0 Å². The minimum Gasteiger partial charge on any atom is -0.494 e. The number of aryl methyl sites for hydroxylation is 2. The predicted molar refractivity (Wildman–Crippen MR) is 118 cm³/mol. The van der Waals surface area contributed by atoms with Crippen LogP contribution in [0.15, 0.2) is 48.2 Å². The fraction of sp³-hybridized carbons (Fsp3) is 0.360. The second-order valence-electron chi connectivity index (χ2n) is 8.08. The number of carbonyl (C=O) groups is 2. The number of benzene rings is 2. The summed E-state index contributed by atoms with van der Waals surface area (Å²) in [4.78, 5) is 30.5. The van der Waals surface area contributed by atoms with Crippen LogP contribution in [-0.2, 0) is 9.59 Å². The molecule has 30 heavy (non-hydrogen) atoms. The molecule has 2 aromatic rings. The van der Waals surface area contributed by atoms with Gasteiger partial charge in [-0.1, -0.05) is 25.1 Å². The zero-order chi connectivity index (χ0) is 21.3. The number of rotatable bonds is 6. The topological polar surface area (TPSA) is 49.9 Å². The quantitative estimate of drug-likeness (QED) is 0.667. The van der Waals surface area contributed by atoms with Gasteiger partial charge in [0.15, 0.2) is 0 Å². The molecular weight excluding hydrogens is 376 g/mol. The van der Waals surface area contributed by atoms with Gasteiger partial charge in [-0.05, 0) is 74.1 Å². The van der Waals surface area contributed by atoms with Gasteiger partial charge in [0.05, 0.1) is 17.9 Å². The molecule has 5 nitrogen and oxygen atoms in total. The Morgan fingerprint density at radius 1 is 0.900 bits per heavy atom. The average Bonchev–Trinajstić information content (AvgIpc) is 3.32. The molecule has 2 heterocycles. The summed E-state index contributed by atoms with van der Waals surface area (Å²) in [5, 5.41) is 0. The van der Waals surface area contributed by atoms with Gasteiger partial charge in [0, 0.05) is 13.1 Å². The molecule has 1 fully saturated rings. The van der Waals surface area contributed by atoms with Crippen molar-refractivity contribution in [3.8, 4) is 5.75 Å². The number of imide groups is 1. The van der Waals surface area contributed by atoms with E-state index in [0.29, 0.717) is 23.6 Å². The van der Waals surface area contributed by atoms with E-state index in [-0.39, 0.29) is 11.8 Å². The number of carbonyl (C=O) groups excluding carboxylic acids is 2. The first-order chi connectivity index (χ1) is 14.5. The summed E-state index contributed by atoms with van der Waals surface area (Å²) in [6, 6.07) is 13.3. The maximum atomic E-state index is 13.6. The van der Waals surface area contributed by atoms with Gasteiger partial charge in [-0.2, -0.15) is 0 Å². The van der Waals surface area contributed by atoms with E-state index in [1.807, 2.05) is 56.3 Å². The van der Waals surface area contributed by atoms with Crippen LogP contribution in [-0.4, -0.2) is 36.4 Å². The van der Waals surface area contributed by atoms with E-state index in [0.717, 1.165) is 54.8 Å². The highest BCUT2D eigenvalue weighted by atomic mass is 16.5. The highest BCUT2D eigenvalue weighted by Crippen LogP contribution is 2.37. The molecule has 1 saturated heterocycles. The van der Waals surface area contributed by atoms with Crippen LogP contribution >= 0.6 is 0 Å². The second-order valence-corrected chi connectivity index (χ2v) is 8.08. The largest absolute Gasteiger partial charge is 0.494 e. The summed E-state index contributed by atoms with van der Waals surface area (Å²) >= 11 is 0. The van der Waals surface area contributed by atoms with Gasteiger partial charge in [0.25, 0.3) is 11.8 Å². The van der Waals surface area contributed by atoms with Crippen molar-refractivity contribution >= 4 is 23.1 Å². The Bertz CT molecular complexity index is 981. The molecule has 5 heteroatoms. The van der Waals surface area contributed by atoms with E-state index in [4.69, 9.17) is 4.74 Å². The van der Waals surface area contributed by atoms with Crippen LogP contribution in [0.3, 0.4) is 0 Å². The van der Waals surface area contributed by atoms with Crippen LogP contribution in [0.25, 0.3) is 5.57 Å². The van der Waals surface area contributed by atoms with E-state index in [9.17, 15) is 9.59 Å². The molecule has 0 N–H and O–H groups in total. The summed E-state index contributed by atoms with van der Waals surface area (Å²) in [5.74, 6) is 0.286. The Hall–Kier alpha value is -3.08. The maximum Gasteiger partial charge on any atom is 0.282 e. The van der Waals surface area contributed by atoms with Gasteiger partial charge in [0.1, 0.15) is 11.4 Å². The molecule has 0 unspecified atom stereocenters. The summed E-state index contributed by atoms with van der Waals surface area (Å²) in [6.45, 7) is 8.27. The van der Waals surface area contributed by atoms with E-state index < -0.39 is 0 Å². The summed E-state index contributed by atoms with van der Waals surface area (Å²) < 4.78 is 5.68. The van der Waals surface area contributed by atoms with Crippen molar-refractivity contribution in [2.45, 2.75) is 40.0 Å². The van der Waals surface area contributed by atoms with Crippen molar-refractivity contribution in [1.82, 2.24) is 4.90 Å². The summed E-state index contributed by atoms with van der Waals surface area (Å²) in [6.07, 6.45) is 3.00. The summed E-state index contributed by atoms with van der Waals surface area (Å²) in [5.41, 5.74) is 4.46. The molecule has 2 aliphatic heterocycles. The Morgan fingerprint density at radius 3 is 2.13 bits per heavy atom. The lowest BCUT2D eigenvalue weighted by atomic mass is 10.0. The lowest BCUT2D eigenvalue weighted by molar-refractivity contribution is -0.120. The van der Waals surface area contributed by atoms with Crippen molar-refractivity contribution in [1.29, 1.82) is 0 Å². The highest BCUT2D eigenvalue weighted by molar-refractivity contribution is 6.45. The first-order valence-electron chi connectivity index (χ1n) is 10.7. The molecule has 0 bridgehead atoms. The minimum atomic E-state index is -0.255. The Morgan fingerprint density at radius 2 is 1.53 bits per heavy atom. The lowest BCUT2D eigenvalue weighted by Gasteiger charge is -2.20. The van der Waals surface area contributed by atoms with Gasteiger partial charge >= 0.3 is 0 Å². The van der Waals surface area contributed by atoms with E-state index in [1.165, 1.54) is 4.90 Å². The molecule has 0 spiro atoms. The van der Waals surface area contributed by atoms with Crippen molar-refractivity contribution in [3.05, 3.63) is 64.9 Å². The summed E-state index contributed by atoms with van der Waals surface area (Å²) in [7, 11) is 0. The minimum absolute atomic E-state index is 0.229. The van der Waals surface area contributed by atoms with Crippen molar-refractivity contribution < 1.29 is 14.3 Å². The molecule has 0 radical (unpaired) electrons. The third-order valence-corrected chi connectivity index (χ3v) is 5.56. The van der Waals surface area contributed by atoms with Gasteiger partial charge in [-0.25, -0.2) is 4.90 Å². The van der Waals surface area contributed by atoms with Gasteiger partial charge in [-0.15, -0.1) is 0 Å². The van der Waals surface area contributed by atoms with Crippen LogP contribution < -0.4 is 9.64 Å². The number of amides is 2. The molecule has 4 rings (SSSR count). The highest BCUT2D eigenvalue weighted by Gasteiger charge is 2.43. The standard InChI is InChI=1S/C25H28N2O3/c1-4-13-30-21-9-7-19(8-10-21)22-23(26-11-5-6-12-26)25(29)27(24(22)28)20-15-17(2)14-18(3)16-20/h7-10,14-16H,4-6,11-13H2,1-3H3. The van der Waals surface area contributed by atoms with Gasteiger partial charge in [-0.3, -0.25) is 9.59 Å². The molecule has 156 valence electrons. The molecular formula is C25H28N2O3. The van der Waals surface area contributed by atoms with Crippen LogP contribution in [0.1, 0.15) is 42.9 Å². The van der Waals surface area contributed by atoms with Gasteiger partial charge < -0.3 is 9.64 Å². The molecule has 0 saturated carbocycles. The molecule has 2 aromatic carbocycles. The van der Waals surface area contributed by atoms with Crippen molar-refractivity contribution in [3.63, 3.8) is 0 Å². The van der Waals surface area contributed by atoms with Crippen LogP contribution in [0.5, 0.6) is 5.75 Å². The number of hydrogen-bond acceptors (Lipinski definition) is 4. The van der Waals surface area contributed by atoms with E-state index >= 15 is 0 Å². The van der Waals surface area contributed by atoms with Crippen LogP contribution in [0.2, 0.25) is 0 Å². The second kappa shape index (κ2) is 8.34. The van der Waals surface area contributed by atoms with E-state index in [1.54, 1.807) is 0 Å². The predicted octanol–water partition coefficient (Wildman–Crippen LogP) is 4.47. The fourth-order valence-corrected chi connectivity index (χ4v) is 4.26. The first-order valence-corrected chi connectivity index (χ1v) is 10.7. The molecule has 0 aromatic heterocycles. The fourth-order valence-electron chi connectivity index (χ4n) is 4.26. The number of hydrogen-bond donors (Lipinski definition) is 0. The van der Waals surface area contributed by atoms with Crippen molar-refractivity contribution in [2.75, 3.05) is 24.6 Å². The average molecular weight is 405 g/mol. The van der Waals surface area contributed by atoms with Crippen molar-refractivity contribution in [2.24, 2.45) is 0 Å². The Balaban J connectivity index is 1.76. The number of anilines is 1. The lowest BCUT2D eigenvalue weighted by Crippen LogP contribution is -2.34. The molecule has 0 atom stereocenters. The molecule has 0 aliphatic carbocycles. The van der Waals surface area contributed by atoms with E-state index in [2.05, 4.69) is 11.8 Å². The Labute approximate surface area is 177 Å². The number of nitrogens with zero attached hydrogens (tertiary/aromatic N) is 2. The normalized spacial score (nSPS) is 16.8.